The Morgan fingerprint density at radius 2 is 1.85 bits per heavy atom. The number of nitrogens with one attached hydrogen (secondary N) is 1. The lowest BCUT2D eigenvalue weighted by atomic mass is 10.0. The van der Waals surface area contributed by atoms with Crippen LogP contribution in [0.25, 0.3) is 0 Å². The van der Waals surface area contributed by atoms with Crippen molar-refractivity contribution in [2.45, 2.75) is 33.7 Å². The Morgan fingerprint density at radius 3 is 2.35 bits per heavy atom. The van der Waals surface area contributed by atoms with Gasteiger partial charge in [-0.3, -0.25) is 14.4 Å². The molecule has 0 aliphatic heterocycles. The first kappa shape index (κ1) is 15.9. The number of aliphatic carboxylic acids is 1. The lowest BCUT2D eigenvalue weighted by molar-refractivity contribution is -0.141. The SMILES string of the molecule is Cc1nn(C)c(=O)c(C(=O)NC(C)C(C)C(=O)O)c1C. The molecule has 0 aliphatic carbocycles. The van der Waals surface area contributed by atoms with Crippen LogP contribution in [0.5, 0.6) is 0 Å². The van der Waals surface area contributed by atoms with E-state index in [9.17, 15) is 14.4 Å². The molecule has 2 atom stereocenters. The number of amides is 1. The van der Waals surface area contributed by atoms with Gasteiger partial charge in [0.05, 0.1) is 11.6 Å². The summed E-state index contributed by atoms with van der Waals surface area (Å²) in [5.41, 5.74) is 0.585. The van der Waals surface area contributed by atoms with Gasteiger partial charge in [-0.15, -0.1) is 0 Å². The van der Waals surface area contributed by atoms with E-state index in [4.69, 9.17) is 5.11 Å². The highest BCUT2D eigenvalue weighted by molar-refractivity contribution is 5.95. The number of hydrogen-bond donors (Lipinski definition) is 2. The normalized spacial score (nSPS) is 13.7. The van der Waals surface area contributed by atoms with Crippen molar-refractivity contribution in [1.82, 2.24) is 15.1 Å². The number of carboxylic acids is 1. The summed E-state index contributed by atoms with van der Waals surface area (Å²) in [5, 5.41) is 15.4. The molecule has 0 saturated carbocycles. The maximum Gasteiger partial charge on any atom is 0.308 e. The number of hydrogen-bond acceptors (Lipinski definition) is 4. The molecule has 20 heavy (non-hydrogen) atoms. The first-order valence-corrected chi connectivity index (χ1v) is 6.25. The van der Waals surface area contributed by atoms with Gasteiger partial charge < -0.3 is 10.4 Å². The van der Waals surface area contributed by atoms with E-state index in [1.807, 2.05) is 0 Å². The molecule has 0 bridgehead atoms. The maximum atomic E-state index is 12.2. The van der Waals surface area contributed by atoms with Crippen molar-refractivity contribution in [3.05, 3.63) is 27.2 Å². The van der Waals surface area contributed by atoms with Crippen molar-refractivity contribution in [3.8, 4) is 0 Å². The number of nitrogens with zero attached hydrogens (tertiary/aromatic N) is 2. The number of carbonyl (C=O) groups is 2. The zero-order valence-electron chi connectivity index (χ0n) is 12.2. The summed E-state index contributed by atoms with van der Waals surface area (Å²) in [7, 11) is 1.47. The fraction of sp³-hybridized carbons (Fsp3) is 0.538. The molecule has 0 fully saturated rings. The number of carboxylic acid groups (broad SMARTS) is 1. The second kappa shape index (κ2) is 5.85. The van der Waals surface area contributed by atoms with E-state index in [-0.39, 0.29) is 5.56 Å². The molecule has 110 valence electrons. The monoisotopic (exact) mass is 281 g/mol. The van der Waals surface area contributed by atoms with Gasteiger partial charge in [-0.2, -0.15) is 5.10 Å². The average molecular weight is 281 g/mol. The fourth-order valence-corrected chi connectivity index (χ4v) is 1.73. The Morgan fingerprint density at radius 1 is 1.30 bits per heavy atom. The van der Waals surface area contributed by atoms with Crippen LogP contribution in [0.4, 0.5) is 0 Å². The lowest BCUT2D eigenvalue weighted by Crippen LogP contribution is -2.43. The Hall–Kier alpha value is -2.18. The molecule has 0 aliphatic rings. The van der Waals surface area contributed by atoms with Crippen LogP contribution < -0.4 is 10.9 Å². The molecule has 2 N–H and O–H groups in total. The molecule has 0 aromatic carbocycles. The molecule has 1 aromatic rings. The van der Waals surface area contributed by atoms with E-state index in [0.29, 0.717) is 11.3 Å². The lowest BCUT2D eigenvalue weighted by Gasteiger charge is -2.18. The quantitative estimate of drug-likeness (QED) is 0.823. The van der Waals surface area contributed by atoms with E-state index in [1.54, 1.807) is 20.8 Å². The Bertz CT molecular complexity index is 606. The van der Waals surface area contributed by atoms with Crippen molar-refractivity contribution in [2.24, 2.45) is 13.0 Å². The van der Waals surface area contributed by atoms with E-state index >= 15 is 0 Å². The first-order chi connectivity index (χ1) is 9.16. The summed E-state index contributed by atoms with van der Waals surface area (Å²) < 4.78 is 1.10. The molecule has 7 nitrogen and oxygen atoms in total. The summed E-state index contributed by atoms with van der Waals surface area (Å²) in [5.74, 6) is -2.33. The Balaban J connectivity index is 3.11. The molecular weight excluding hydrogens is 262 g/mol. The highest BCUT2D eigenvalue weighted by atomic mass is 16.4. The summed E-state index contributed by atoms with van der Waals surface area (Å²) in [4.78, 5) is 35.0. The smallest absolute Gasteiger partial charge is 0.308 e. The Kier molecular flexibility index (Phi) is 4.65. The van der Waals surface area contributed by atoms with Crippen LogP contribution in [0.2, 0.25) is 0 Å². The van der Waals surface area contributed by atoms with E-state index in [2.05, 4.69) is 10.4 Å². The predicted molar refractivity (Wildman–Crippen MR) is 72.7 cm³/mol. The largest absolute Gasteiger partial charge is 0.481 e. The second-order valence-corrected chi connectivity index (χ2v) is 4.90. The zero-order chi connectivity index (χ0) is 15.6. The minimum atomic E-state index is -1.01. The van der Waals surface area contributed by atoms with E-state index < -0.39 is 29.4 Å². The van der Waals surface area contributed by atoms with Gasteiger partial charge in [-0.05, 0) is 33.3 Å². The van der Waals surface area contributed by atoms with Crippen molar-refractivity contribution in [2.75, 3.05) is 0 Å². The minimum absolute atomic E-state index is 0.00411. The molecule has 7 heteroatoms. The van der Waals surface area contributed by atoms with Crippen molar-refractivity contribution >= 4 is 11.9 Å². The van der Waals surface area contributed by atoms with Crippen molar-refractivity contribution in [1.29, 1.82) is 0 Å². The van der Waals surface area contributed by atoms with Gasteiger partial charge in [0.1, 0.15) is 5.56 Å². The van der Waals surface area contributed by atoms with Gasteiger partial charge in [-0.1, -0.05) is 0 Å². The topological polar surface area (TPSA) is 101 Å². The highest BCUT2D eigenvalue weighted by Gasteiger charge is 2.24. The number of carbonyl (C=O) groups excluding carboxylic acids is 1. The molecule has 0 spiro atoms. The fourth-order valence-electron chi connectivity index (χ4n) is 1.73. The number of aryl methyl sites for hydroxylation is 2. The van der Waals surface area contributed by atoms with Crippen molar-refractivity contribution < 1.29 is 14.7 Å². The summed E-state index contributed by atoms with van der Waals surface area (Å²) in [6.07, 6.45) is 0. The molecule has 1 heterocycles. The summed E-state index contributed by atoms with van der Waals surface area (Å²) in [6, 6.07) is -0.586. The van der Waals surface area contributed by atoms with Crippen LogP contribution in [-0.4, -0.2) is 32.8 Å². The average Bonchev–Trinajstić information content (AvgIpc) is 2.35. The molecule has 1 aromatic heterocycles. The summed E-state index contributed by atoms with van der Waals surface area (Å²) in [6.45, 7) is 6.43. The number of aromatic nitrogens is 2. The van der Waals surface area contributed by atoms with Gasteiger partial charge in [-0.25, -0.2) is 4.68 Å². The molecular formula is C13H19N3O4. The Labute approximate surface area is 116 Å². The zero-order valence-corrected chi connectivity index (χ0v) is 12.2. The van der Waals surface area contributed by atoms with Gasteiger partial charge in [0.15, 0.2) is 0 Å². The molecule has 1 amide bonds. The van der Waals surface area contributed by atoms with Crippen LogP contribution in [0, 0.1) is 19.8 Å². The van der Waals surface area contributed by atoms with Crippen LogP contribution in [-0.2, 0) is 11.8 Å². The summed E-state index contributed by atoms with van der Waals surface area (Å²) >= 11 is 0. The second-order valence-electron chi connectivity index (χ2n) is 4.90. The third kappa shape index (κ3) is 3.04. The molecule has 2 unspecified atom stereocenters. The van der Waals surface area contributed by atoms with E-state index in [0.717, 1.165) is 4.68 Å². The maximum absolute atomic E-state index is 12.2. The standard InChI is InChI=1S/C13H19N3O4/c1-6-9(4)15-16(5)12(18)10(6)11(17)14-8(3)7(2)13(19)20/h7-8H,1-5H3,(H,14,17)(H,19,20). The number of rotatable bonds is 4. The van der Waals surface area contributed by atoms with Crippen LogP contribution in [0.15, 0.2) is 4.79 Å². The van der Waals surface area contributed by atoms with Crippen LogP contribution >= 0.6 is 0 Å². The highest BCUT2D eigenvalue weighted by Crippen LogP contribution is 2.08. The van der Waals surface area contributed by atoms with Gasteiger partial charge in [0, 0.05) is 13.1 Å². The van der Waals surface area contributed by atoms with Gasteiger partial charge in [0.25, 0.3) is 11.5 Å². The minimum Gasteiger partial charge on any atom is -0.481 e. The third-order valence-electron chi connectivity index (χ3n) is 3.45. The van der Waals surface area contributed by atoms with Crippen molar-refractivity contribution in [3.63, 3.8) is 0 Å². The van der Waals surface area contributed by atoms with E-state index in [1.165, 1.54) is 14.0 Å². The van der Waals surface area contributed by atoms with Crippen LogP contribution in [0.3, 0.4) is 0 Å². The van der Waals surface area contributed by atoms with Crippen LogP contribution in [0.1, 0.15) is 35.5 Å². The molecule has 1 rings (SSSR count). The molecule has 0 radical (unpaired) electrons. The third-order valence-corrected chi connectivity index (χ3v) is 3.45. The van der Waals surface area contributed by atoms with Gasteiger partial charge in [0.2, 0.25) is 0 Å². The first-order valence-electron chi connectivity index (χ1n) is 6.25. The predicted octanol–water partition coefficient (Wildman–Crippen LogP) is 0.236. The molecule has 0 saturated heterocycles. The van der Waals surface area contributed by atoms with Gasteiger partial charge >= 0.3 is 5.97 Å².